The lowest BCUT2D eigenvalue weighted by atomic mass is 10.2. The van der Waals surface area contributed by atoms with Crippen LogP contribution in [0.15, 0.2) is 47.4 Å². The van der Waals surface area contributed by atoms with E-state index in [0.29, 0.717) is 11.3 Å². The first kappa shape index (κ1) is 14.7. The molecule has 0 saturated carbocycles. The van der Waals surface area contributed by atoms with Gasteiger partial charge in [-0.2, -0.15) is 0 Å². The van der Waals surface area contributed by atoms with E-state index < -0.39 is 4.92 Å². The van der Waals surface area contributed by atoms with Crippen molar-refractivity contribution in [3.05, 3.63) is 58.1 Å². The molecule has 0 unspecified atom stereocenters. The molecule has 2 aromatic rings. The van der Waals surface area contributed by atoms with Crippen LogP contribution in [0.4, 0.5) is 5.69 Å². The van der Waals surface area contributed by atoms with Crippen LogP contribution in [-0.4, -0.2) is 11.2 Å². The fourth-order valence-electron chi connectivity index (χ4n) is 1.74. The lowest BCUT2D eigenvalue weighted by molar-refractivity contribution is -0.385. The topological polar surface area (TPSA) is 52.4 Å². The van der Waals surface area contributed by atoms with Gasteiger partial charge in [-0.15, -0.1) is 23.4 Å². The van der Waals surface area contributed by atoms with Crippen molar-refractivity contribution in [1.29, 1.82) is 0 Å². The van der Waals surface area contributed by atoms with Crippen LogP contribution in [0.5, 0.6) is 11.5 Å². The van der Waals surface area contributed by atoms with Gasteiger partial charge in [0.25, 0.3) is 5.69 Å². The molecule has 0 aliphatic heterocycles. The van der Waals surface area contributed by atoms with E-state index in [2.05, 4.69) is 0 Å². The number of hydrogen-bond acceptors (Lipinski definition) is 4. The van der Waals surface area contributed by atoms with Gasteiger partial charge < -0.3 is 4.74 Å². The van der Waals surface area contributed by atoms with Crippen LogP contribution < -0.4 is 4.74 Å². The number of nitro benzene ring substituents is 1. The predicted molar refractivity (Wildman–Crippen MR) is 81.0 cm³/mol. The van der Waals surface area contributed by atoms with Gasteiger partial charge in [0.15, 0.2) is 0 Å². The number of nitro groups is 1. The Morgan fingerprint density at radius 3 is 2.70 bits per heavy atom. The van der Waals surface area contributed by atoms with Crippen LogP contribution in [0, 0.1) is 10.1 Å². The van der Waals surface area contributed by atoms with Gasteiger partial charge in [-0.1, -0.05) is 12.1 Å². The number of benzene rings is 2. The Hall–Kier alpha value is -1.72. The molecule has 6 heteroatoms. The summed E-state index contributed by atoms with van der Waals surface area (Å²) in [7, 11) is 0. The standard InChI is InChI=1S/C14H12ClNO3S/c1-20-14-5-3-2-4-13(14)19-11-6-7-12(16(17)18)10(8-11)9-15/h2-8H,9H2,1H3. The number of halogens is 1. The molecule has 104 valence electrons. The monoisotopic (exact) mass is 309 g/mol. The lowest BCUT2D eigenvalue weighted by Gasteiger charge is -2.10. The Morgan fingerprint density at radius 1 is 1.30 bits per heavy atom. The van der Waals surface area contributed by atoms with Gasteiger partial charge in [0.05, 0.1) is 10.8 Å². The van der Waals surface area contributed by atoms with Gasteiger partial charge in [-0.3, -0.25) is 10.1 Å². The smallest absolute Gasteiger partial charge is 0.274 e. The fraction of sp³-hybridized carbons (Fsp3) is 0.143. The summed E-state index contributed by atoms with van der Waals surface area (Å²) in [6.45, 7) is 0. The second kappa shape index (κ2) is 6.63. The van der Waals surface area contributed by atoms with Crippen molar-refractivity contribution < 1.29 is 9.66 Å². The largest absolute Gasteiger partial charge is 0.456 e. The van der Waals surface area contributed by atoms with E-state index in [1.807, 2.05) is 30.5 Å². The summed E-state index contributed by atoms with van der Waals surface area (Å²) in [4.78, 5) is 11.4. The van der Waals surface area contributed by atoms with Gasteiger partial charge in [-0.05, 0) is 30.5 Å². The Kier molecular flexibility index (Phi) is 4.87. The summed E-state index contributed by atoms with van der Waals surface area (Å²) in [6.07, 6.45) is 1.96. The second-order valence-corrected chi connectivity index (χ2v) is 5.05. The molecule has 0 bridgehead atoms. The van der Waals surface area contributed by atoms with Crippen LogP contribution in [0.2, 0.25) is 0 Å². The quantitative estimate of drug-likeness (QED) is 0.343. The van der Waals surface area contributed by atoms with Crippen molar-refractivity contribution >= 4 is 29.1 Å². The molecule has 0 aliphatic carbocycles. The predicted octanol–water partition coefficient (Wildman–Crippen LogP) is 4.85. The first-order valence-electron chi connectivity index (χ1n) is 5.80. The van der Waals surface area contributed by atoms with Gasteiger partial charge in [0, 0.05) is 16.5 Å². The van der Waals surface area contributed by atoms with Gasteiger partial charge >= 0.3 is 0 Å². The zero-order valence-electron chi connectivity index (χ0n) is 10.7. The molecule has 4 nitrogen and oxygen atoms in total. The first-order valence-corrected chi connectivity index (χ1v) is 7.55. The number of rotatable bonds is 5. The van der Waals surface area contributed by atoms with Crippen molar-refractivity contribution in [3.8, 4) is 11.5 Å². The highest BCUT2D eigenvalue weighted by Crippen LogP contribution is 2.33. The first-order chi connectivity index (χ1) is 9.65. The van der Waals surface area contributed by atoms with E-state index >= 15 is 0 Å². The summed E-state index contributed by atoms with van der Waals surface area (Å²) in [5.74, 6) is 1.32. The molecule has 0 spiro atoms. The molecule has 0 amide bonds. The Bertz CT molecular complexity index is 634. The summed E-state index contributed by atoms with van der Waals surface area (Å²) in [5.41, 5.74) is 0.446. The van der Waals surface area contributed by atoms with E-state index in [1.165, 1.54) is 6.07 Å². The Labute approximate surface area is 125 Å². The maximum atomic E-state index is 10.9. The number of ether oxygens (including phenoxy) is 1. The lowest BCUT2D eigenvalue weighted by Crippen LogP contribution is -1.95. The van der Waals surface area contributed by atoms with Gasteiger partial charge in [-0.25, -0.2) is 0 Å². The SMILES string of the molecule is CSc1ccccc1Oc1ccc([N+](=O)[O-])c(CCl)c1. The highest BCUT2D eigenvalue weighted by molar-refractivity contribution is 7.98. The number of para-hydroxylation sites is 1. The third-order valence-electron chi connectivity index (χ3n) is 2.69. The summed E-state index contributed by atoms with van der Waals surface area (Å²) >= 11 is 7.32. The third-order valence-corrected chi connectivity index (χ3v) is 3.75. The maximum Gasteiger partial charge on any atom is 0.274 e. The molecule has 2 aromatic carbocycles. The van der Waals surface area contributed by atoms with Crippen molar-refractivity contribution in [2.45, 2.75) is 10.8 Å². The zero-order chi connectivity index (χ0) is 14.5. The van der Waals surface area contributed by atoms with Crippen molar-refractivity contribution in [1.82, 2.24) is 0 Å². The van der Waals surface area contributed by atoms with Crippen LogP contribution >= 0.6 is 23.4 Å². The fourth-order valence-corrected chi connectivity index (χ4v) is 2.48. The van der Waals surface area contributed by atoms with Crippen LogP contribution in [0.3, 0.4) is 0 Å². The minimum atomic E-state index is -0.447. The number of hydrogen-bond donors (Lipinski definition) is 0. The third kappa shape index (κ3) is 3.23. The van der Waals surface area contributed by atoms with Gasteiger partial charge in [0.1, 0.15) is 11.5 Å². The van der Waals surface area contributed by atoms with Crippen molar-refractivity contribution in [2.75, 3.05) is 6.26 Å². The van der Waals surface area contributed by atoms with Crippen molar-refractivity contribution in [3.63, 3.8) is 0 Å². The molecule has 0 saturated heterocycles. The molecule has 0 heterocycles. The van der Waals surface area contributed by atoms with E-state index in [9.17, 15) is 10.1 Å². The molecular formula is C14H12ClNO3S. The Balaban J connectivity index is 2.32. The molecule has 0 atom stereocenters. The number of nitrogens with zero attached hydrogens (tertiary/aromatic N) is 1. The minimum absolute atomic E-state index is 0.00509. The average Bonchev–Trinajstić information content (AvgIpc) is 2.47. The molecule has 0 fully saturated rings. The summed E-state index contributed by atoms with van der Waals surface area (Å²) < 4.78 is 5.78. The zero-order valence-corrected chi connectivity index (χ0v) is 12.3. The molecule has 2 rings (SSSR count). The van der Waals surface area contributed by atoms with E-state index in [1.54, 1.807) is 23.9 Å². The molecule has 20 heavy (non-hydrogen) atoms. The summed E-state index contributed by atoms with van der Waals surface area (Å²) in [5, 5.41) is 10.9. The molecule has 0 N–H and O–H groups in total. The van der Waals surface area contributed by atoms with Crippen LogP contribution in [-0.2, 0) is 5.88 Å². The number of alkyl halides is 1. The van der Waals surface area contributed by atoms with Crippen molar-refractivity contribution in [2.24, 2.45) is 0 Å². The van der Waals surface area contributed by atoms with E-state index in [4.69, 9.17) is 16.3 Å². The Morgan fingerprint density at radius 2 is 2.05 bits per heavy atom. The van der Waals surface area contributed by atoms with Crippen LogP contribution in [0.1, 0.15) is 5.56 Å². The highest BCUT2D eigenvalue weighted by atomic mass is 35.5. The normalized spacial score (nSPS) is 10.3. The second-order valence-electron chi connectivity index (χ2n) is 3.93. The van der Waals surface area contributed by atoms with Crippen LogP contribution in [0.25, 0.3) is 0 Å². The minimum Gasteiger partial charge on any atom is -0.456 e. The number of thioether (sulfide) groups is 1. The van der Waals surface area contributed by atoms with E-state index in [0.717, 1.165) is 10.6 Å². The molecular weight excluding hydrogens is 298 g/mol. The highest BCUT2D eigenvalue weighted by Gasteiger charge is 2.14. The van der Waals surface area contributed by atoms with Gasteiger partial charge in [0.2, 0.25) is 0 Å². The molecule has 0 aliphatic rings. The molecule has 0 radical (unpaired) electrons. The maximum absolute atomic E-state index is 10.9. The average molecular weight is 310 g/mol. The summed E-state index contributed by atoms with van der Waals surface area (Å²) in [6, 6.07) is 12.2. The molecule has 0 aromatic heterocycles. The van der Waals surface area contributed by atoms with E-state index in [-0.39, 0.29) is 11.6 Å².